The second-order valence-electron chi connectivity index (χ2n) is 5.49. The van der Waals surface area contributed by atoms with Crippen LogP contribution in [0.5, 0.6) is 0 Å². The first-order chi connectivity index (χ1) is 10.2. The summed E-state index contributed by atoms with van der Waals surface area (Å²) >= 11 is 0. The highest BCUT2D eigenvalue weighted by Gasteiger charge is 2.42. The van der Waals surface area contributed by atoms with Gasteiger partial charge in [0.1, 0.15) is 0 Å². The molecule has 2 aromatic heterocycles. The lowest BCUT2D eigenvalue weighted by atomic mass is 9.96. The molecule has 0 aromatic carbocycles. The van der Waals surface area contributed by atoms with Gasteiger partial charge in [-0.25, -0.2) is 0 Å². The molecule has 0 bridgehead atoms. The molecule has 1 N–H and O–H groups in total. The number of nitrogens with zero attached hydrogens (tertiary/aromatic N) is 3. The van der Waals surface area contributed by atoms with Gasteiger partial charge in [0, 0.05) is 18.0 Å². The summed E-state index contributed by atoms with van der Waals surface area (Å²) in [6.45, 7) is 2.09. The number of aliphatic carboxylic acids is 1. The first-order valence-electron chi connectivity index (χ1n) is 7.15. The van der Waals surface area contributed by atoms with E-state index in [4.69, 9.17) is 4.52 Å². The fourth-order valence-electron chi connectivity index (χ4n) is 3.03. The van der Waals surface area contributed by atoms with E-state index in [0.717, 1.165) is 18.4 Å². The molecular formula is C15H17N3O3. The smallest absolute Gasteiger partial charge is 0.307 e. The lowest BCUT2D eigenvalue weighted by molar-refractivity contribution is -0.142. The highest BCUT2D eigenvalue weighted by molar-refractivity contribution is 5.71. The van der Waals surface area contributed by atoms with Gasteiger partial charge in [0.25, 0.3) is 0 Å². The predicted molar refractivity (Wildman–Crippen MR) is 74.4 cm³/mol. The molecule has 6 heteroatoms. The van der Waals surface area contributed by atoms with E-state index in [2.05, 4.69) is 22.0 Å². The Bertz CT molecular complexity index is 626. The summed E-state index contributed by atoms with van der Waals surface area (Å²) in [4.78, 5) is 19.8. The second-order valence-corrected chi connectivity index (χ2v) is 5.49. The number of hydrogen-bond donors (Lipinski definition) is 1. The van der Waals surface area contributed by atoms with Gasteiger partial charge in [-0.3, -0.25) is 9.78 Å². The van der Waals surface area contributed by atoms with E-state index < -0.39 is 11.9 Å². The quantitative estimate of drug-likeness (QED) is 0.930. The van der Waals surface area contributed by atoms with Crippen LogP contribution in [-0.4, -0.2) is 26.2 Å². The predicted octanol–water partition coefficient (Wildman–Crippen LogP) is 2.74. The van der Waals surface area contributed by atoms with Gasteiger partial charge in [-0.05, 0) is 30.9 Å². The Morgan fingerprint density at radius 2 is 2.14 bits per heavy atom. The van der Waals surface area contributed by atoms with Crippen molar-refractivity contribution in [2.24, 2.45) is 11.8 Å². The zero-order chi connectivity index (χ0) is 14.8. The van der Waals surface area contributed by atoms with E-state index in [9.17, 15) is 9.90 Å². The minimum atomic E-state index is -0.778. The third kappa shape index (κ3) is 2.66. The highest BCUT2D eigenvalue weighted by Crippen LogP contribution is 2.44. The molecule has 110 valence electrons. The van der Waals surface area contributed by atoms with E-state index >= 15 is 0 Å². The zero-order valence-corrected chi connectivity index (χ0v) is 11.8. The molecule has 3 unspecified atom stereocenters. The fourth-order valence-corrected chi connectivity index (χ4v) is 3.03. The average molecular weight is 287 g/mol. The van der Waals surface area contributed by atoms with Crippen LogP contribution in [0.15, 0.2) is 29.0 Å². The Morgan fingerprint density at radius 1 is 1.38 bits per heavy atom. The van der Waals surface area contributed by atoms with Crippen molar-refractivity contribution in [3.05, 3.63) is 30.4 Å². The van der Waals surface area contributed by atoms with Gasteiger partial charge in [0.15, 0.2) is 0 Å². The van der Waals surface area contributed by atoms with Crippen LogP contribution in [0.1, 0.15) is 38.0 Å². The molecule has 2 aromatic rings. The second kappa shape index (κ2) is 5.63. The largest absolute Gasteiger partial charge is 0.481 e. The summed E-state index contributed by atoms with van der Waals surface area (Å²) in [5, 5.41) is 13.4. The van der Waals surface area contributed by atoms with Gasteiger partial charge >= 0.3 is 5.97 Å². The number of pyridine rings is 1. The van der Waals surface area contributed by atoms with Crippen LogP contribution < -0.4 is 0 Å². The van der Waals surface area contributed by atoms with Gasteiger partial charge in [0.2, 0.25) is 11.7 Å². The number of rotatable bonds is 4. The molecule has 3 atom stereocenters. The minimum Gasteiger partial charge on any atom is -0.481 e. The Morgan fingerprint density at radius 3 is 2.81 bits per heavy atom. The lowest BCUT2D eigenvalue weighted by Gasteiger charge is -2.09. The molecule has 0 saturated heterocycles. The maximum atomic E-state index is 11.4. The van der Waals surface area contributed by atoms with E-state index in [1.807, 2.05) is 0 Å². The molecule has 1 aliphatic carbocycles. The maximum absolute atomic E-state index is 11.4. The van der Waals surface area contributed by atoms with Gasteiger partial charge in [-0.2, -0.15) is 4.98 Å². The molecule has 3 rings (SSSR count). The van der Waals surface area contributed by atoms with Crippen LogP contribution >= 0.6 is 0 Å². The van der Waals surface area contributed by atoms with E-state index in [1.54, 1.807) is 24.5 Å². The van der Waals surface area contributed by atoms with Crippen LogP contribution in [0.3, 0.4) is 0 Å². The summed E-state index contributed by atoms with van der Waals surface area (Å²) in [6, 6.07) is 3.60. The fraction of sp³-hybridized carbons (Fsp3) is 0.467. The first kappa shape index (κ1) is 13.7. The van der Waals surface area contributed by atoms with E-state index in [0.29, 0.717) is 24.1 Å². The van der Waals surface area contributed by atoms with Crippen LogP contribution in [0.4, 0.5) is 0 Å². The topological polar surface area (TPSA) is 89.1 Å². The monoisotopic (exact) mass is 287 g/mol. The standard InChI is InChI=1S/C15H17N3O3/c1-2-9-7-11(12(8-9)15(19)20)14-17-13(18-21-14)10-3-5-16-6-4-10/h3-6,9,11-12H,2,7-8H2,1H3,(H,19,20). The minimum absolute atomic E-state index is 0.185. The maximum Gasteiger partial charge on any atom is 0.307 e. The molecule has 0 aliphatic heterocycles. The molecule has 1 saturated carbocycles. The number of carboxylic acid groups (broad SMARTS) is 1. The number of hydrogen-bond acceptors (Lipinski definition) is 5. The molecule has 0 radical (unpaired) electrons. The number of carboxylic acids is 1. The van der Waals surface area contributed by atoms with Crippen LogP contribution in [0, 0.1) is 11.8 Å². The SMILES string of the molecule is CCC1CC(C(=O)O)C(c2nc(-c3ccncc3)no2)C1. The summed E-state index contributed by atoms with van der Waals surface area (Å²) in [7, 11) is 0. The van der Waals surface area contributed by atoms with E-state index in [1.165, 1.54) is 0 Å². The third-order valence-corrected chi connectivity index (χ3v) is 4.25. The van der Waals surface area contributed by atoms with Crippen LogP contribution in [0.2, 0.25) is 0 Å². The summed E-state index contributed by atoms with van der Waals surface area (Å²) in [5.74, 6) is -0.0649. The van der Waals surface area contributed by atoms with Gasteiger partial charge in [-0.1, -0.05) is 18.5 Å². The Hall–Kier alpha value is -2.24. The van der Waals surface area contributed by atoms with E-state index in [-0.39, 0.29) is 5.92 Å². The molecule has 6 nitrogen and oxygen atoms in total. The lowest BCUT2D eigenvalue weighted by Crippen LogP contribution is -2.17. The Balaban J connectivity index is 1.87. The van der Waals surface area contributed by atoms with Crippen molar-refractivity contribution in [2.75, 3.05) is 0 Å². The third-order valence-electron chi connectivity index (χ3n) is 4.25. The van der Waals surface area contributed by atoms with Gasteiger partial charge < -0.3 is 9.63 Å². The van der Waals surface area contributed by atoms with Crippen molar-refractivity contribution in [1.82, 2.24) is 15.1 Å². The highest BCUT2D eigenvalue weighted by atomic mass is 16.5. The molecule has 1 aliphatic rings. The Kier molecular flexibility index (Phi) is 3.68. The van der Waals surface area contributed by atoms with Crippen molar-refractivity contribution < 1.29 is 14.4 Å². The molecule has 0 spiro atoms. The van der Waals surface area contributed by atoms with Crippen LogP contribution in [0.25, 0.3) is 11.4 Å². The summed E-state index contributed by atoms with van der Waals surface area (Å²) in [5.41, 5.74) is 0.817. The molecule has 2 heterocycles. The summed E-state index contributed by atoms with van der Waals surface area (Å²) < 4.78 is 5.33. The van der Waals surface area contributed by atoms with Gasteiger partial charge in [-0.15, -0.1) is 0 Å². The number of carbonyl (C=O) groups is 1. The van der Waals surface area contributed by atoms with Gasteiger partial charge in [0.05, 0.1) is 11.8 Å². The summed E-state index contributed by atoms with van der Waals surface area (Å²) in [6.07, 6.45) is 5.78. The molecule has 1 fully saturated rings. The molecule has 21 heavy (non-hydrogen) atoms. The average Bonchev–Trinajstić information content (AvgIpc) is 3.14. The van der Waals surface area contributed by atoms with Crippen molar-refractivity contribution in [3.63, 3.8) is 0 Å². The van der Waals surface area contributed by atoms with Crippen LogP contribution in [-0.2, 0) is 4.79 Å². The van der Waals surface area contributed by atoms with Crippen molar-refractivity contribution in [2.45, 2.75) is 32.1 Å². The molecule has 0 amide bonds. The number of aromatic nitrogens is 3. The van der Waals surface area contributed by atoms with Crippen molar-refractivity contribution in [1.29, 1.82) is 0 Å². The zero-order valence-electron chi connectivity index (χ0n) is 11.8. The molecular weight excluding hydrogens is 270 g/mol. The first-order valence-corrected chi connectivity index (χ1v) is 7.15. The Labute approximate surface area is 122 Å². The van der Waals surface area contributed by atoms with Crippen molar-refractivity contribution in [3.8, 4) is 11.4 Å². The normalized spacial score (nSPS) is 25.1. The van der Waals surface area contributed by atoms with Crippen molar-refractivity contribution >= 4 is 5.97 Å².